The van der Waals surface area contributed by atoms with Gasteiger partial charge in [-0.05, 0) is 30.4 Å². The minimum atomic E-state index is -0.206. The van der Waals surface area contributed by atoms with Gasteiger partial charge in [-0.15, -0.1) is 18.3 Å². The second-order valence-electron chi connectivity index (χ2n) is 7.49. The van der Waals surface area contributed by atoms with Crippen LogP contribution in [0.2, 0.25) is 0 Å². The van der Waals surface area contributed by atoms with Crippen molar-refractivity contribution in [3.05, 3.63) is 41.7 Å². The zero-order valence-corrected chi connectivity index (χ0v) is 18.1. The van der Waals surface area contributed by atoms with Gasteiger partial charge in [0.2, 0.25) is 5.91 Å². The normalized spacial score (nSPS) is 20.5. The smallest absolute Gasteiger partial charge is 0.258 e. The quantitative estimate of drug-likeness (QED) is 0.676. The van der Waals surface area contributed by atoms with Gasteiger partial charge in [0, 0.05) is 19.6 Å². The van der Waals surface area contributed by atoms with Gasteiger partial charge in [0.1, 0.15) is 0 Å². The summed E-state index contributed by atoms with van der Waals surface area (Å²) >= 11 is 2.85. The molecule has 1 saturated heterocycles. The van der Waals surface area contributed by atoms with Gasteiger partial charge in [-0.2, -0.15) is 4.99 Å². The van der Waals surface area contributed by atoms with Gasteiger partial charge in [-0.25, -0.2) is 0 Å². The van der Waals surface area contributed by atoms with Crippen LogP contribution < -0.4 is 4.80 Å². The highest BCUT2D eigenvalue weighted by Gasteiger charge is 2.25. The molecule has 2 unspecified atom stereocenters. The SMILES string of the molecule is C=CCn1c(=NC(=O)CSCC(=O)N2CC(C)CC(C)C2)sc2ccccc21. The van der Waals surface area contributed by atoms with Crippen molar-refractivity contribution in [2.45, 2.75) is 26.8 Å². The van der Waals surface area contributed by atoms with Crippen molar-refractivity contribution in [3.63, 3.8) is 0 Å². The summed E-state index contributed by atoms with van der Waals surface area (Å²) in [6.07, 6.45) is 2.98. The molecule has 1 aliphatic rings. The number of nitrogens with zero attached hydrogens (tertiary/aromatic N) is 3. The van der Waals surface area contributed by atoms with E-state index in [-0.39, 0.29) is 17.6 Å². The molecule has 1 aliphatic heterocycles. The third kappa shape index (κ3) is 5.14. The molecular formula is C21H27N3O2S2. The molecule has 2 aromatic rings. The van der Waals surface area contributed by atoms with Crippen molar-refractivity contribution < 1.29 is 9.59 Å². The lowest BCUT2D eigenvalue weighted by atomic mass is 9.92. The molecule has 5 nitrogen and oxygen atoms in total. The maximum atomic E-state index is 12.4. The highest BCUT2D eigenvalue weighted by atomic mass is 32.2. The zero-order valence-electron chi connectivity index (χ0n) is 16.5. The van der Waals surface area contributed by atoms with Crippen LogP contribution in [0.5, 0.6) is 0 Å². The number of carbonyl (C=O) groups excluding carboxylic acids is 2. The molecule has 150 valence electrons. The molecule has 2 heterocycles. The molecule has 1 aromatic heterocycles. The topological polar surface area (TPSA) is 54.7 Å². The number of rotatable bonds is 6. The van der Waals surface area contributed by atoms with E-state index >= 15 is 0 Å². The average molecular weight is 418 g/mol. The lowest BCUT2D eigenvalue weighted by molar-refractivity contribution is -0.130. The number of hydrogen-bond acceptors (Lipinski definition) is 4. The number of piperidine rings is 1. The van der Waals surface area contributed by atoms with E-state index in [9.17, 15) is 9.59 Å². The predicted molar refractivity (Wildman–Crippen MR) is 117 cm³/mol. The molecule has 0 N–H and O–H groups in total. The number of carbonyl (C=O) groups is 2. The number of fused-ring (bicyclic) bond motifs is 1. The van der Waals surface area contributed by atoms with Crippen molar-refractivity contribution in [1.29, 1.82) is 0 Å². The largest absolute Gasteiger partial charge is 0.341 e. The van der Waals surface area contributed by atoms with Crippen molar-refractivity contribution in [2.75, 3.05) is 24.6 Å². The molecule has 1 fully saturated rings. The Morgan fingerprint density at radius 1 is 1.25 bits per heavy atom. The number of amides is 2. The van der Waals surface area contributed by atoms with Crippen LogP contribution in [-0.2, 0) is 16.1 Å². The Kier molecular flexibility index (Phi) is 7.13. The first-order valence-electron chi connectivity index (χ1n) is 9.60. The van der Waals surface area contributed by atoms with E-state index < -0.39 is 0 Å². The Labute approximate surface area is 174 Å². The average Bonchev–Trinajstić information content (AvgIpc) is 2.98. The first kappa shape index (κ1) is 20.9. The lowest BCUT2D eigenvalue weighted by Crippen LogP contribution is -2.43. The molecular weight excluding hydrogens is 390 g/mol. The maximum absolute atomic E-state index is 12.4. The Morgan fingerprint density at radius 3 is 2.68 bits per heavy atom. The van der Waals surface area contributed by atoms with Gasteiger partial charge in [0.15, 0.2) is 4.80 Å². The lowest BCUT2D eigenvalue weighted by Gasteiger charge is -2.35. The fourth-order valence-electron chi connectivity index (χ4n) is 3.73. The van der Waals surface area contributed by atoms with Crippen LogP contribution in [0, 0.1) is 11.8 Å². The summed E-state index contributed by atoms with van der Waals surface area (Å²) < 4.78 is 3.09. The number of aromatic nitrogens is 1. The molecule has 0 aliphatic carbocycles. The molecule has 1 aromatic carbocycles. The Hall–Kier alpha value is -1.86. The van der Waals surface area contributed by atoms with Gasteiger partial charge < -0.3 is 9.47 Å². The van der Waals surface area contributed by atoms with Crippen LogP contribution >= 0.6 is 23.1 Å². The van der Waals surface area contributed by atoms with Crippen molar-refractivity contribution in [2.24, 2.45) is 16.8 Å². The fourth-order valence-corrected chi connectivity index (χ4v) is 5.49. The number of allylic oxidation sites excluding steroid dienone is 1. The predicted octanol–water partition coefficient (Wildman–Crippen LogP) is 3.55. The molecule has 2 atom stereocenters. The third-order valence-electron chi connectivity index (χ3n) is 4.79. The number of likely N-dealkylation sites (tertiary alicyclic amines) is 1. The second-order valence-corrected chi connectivity index (χ2v) is 9.49. The van der Waals surface area contributed by atoms with E-state index in [2.05, 4.69) is 25.4 Å². The van der Waals surface area contributed by atoms with Crippen LogP contribution in [0.25, 0.3) is 10.2 Å². The third-order valence-corrected chi connectivity index (χ3v) is 6.75. The van der Waals surface area contributed by atoms with E-state index in [0.29, 0.717) is 28.9 Å². The molecule has 2 amide bonds. The molecule has 0 saturated carbocycles. The van der Waals surface area contributed by atoms with Gasteiger partial charge in [0.05, 0.1) is 21.7 Å². The summed E-state index contributed by atoms with van der Waals surface area (Å²) in [6, 6.07) is 8.00. The summed E-state index contributed by atoms with van der Waals surface area (Å²) in [7, 11) is 0. The summed E-state index contributed by atoms with van der Waals surface area (Å²) in [4.78, 5) is 31.7. The monoisotopic (exact) mass is 417 g/mol. The van der Waals surface area contributed by atoms with Gasteiger partial charge in [-0.3, -0.25) is 9.59 Å². The highest BCUT2D eigenvalue weighted by molar-refractivity contribution is 8.00. The van der Waals surface area contributed by atoms with E-state index in [0.717, 1.165) is 23.3 Å². The number of hydrogen-bond donors (Lipinski definition) is 0. The zero-order chi connectivity index (χ0) is 20.1. The Balaban J connectivity index is 1.61. The first-order valence-corrected chi connectivity index (χ1v) is 11.6. The van der Waals surface area contributed by atoms with Crippen LogP contribution in [-0.4, -0.2) is 45.9 Å². The Bertz CT molecular complexity index is 921. The summed E-state index contributed by atoms with van der Waals surface area (Å²) in [5.74, 6) is 1.56. The number of benzene rings is 1. The molecule has 28 heavy (non-hydrogen) atoms. The molecule has 0 spiro atoms. The highest BCUT2D eigenvalue weighted by Crippen LogP contribution is 2.21. The Morgan fingerprint density at radius 2 is 1.96 bits per heavy atom. The number of thioether (sulfide) groups is 1. The van der Waals surface area contributed by atoms with E-state index in [1.807, 2.05) is 33.7 Å². The second kappa shape index (κ2) is 9.56. The van der Waals surface area contributed by atoms with Gasteiger partial charge in [0.25, 0.3) is 5.91 Å². The first-order chi connectivity index (χ1) is 13.5. The van der Waals surface area contributed by atoms with Crippen LogP contribution in [0.15, 0.2) is 41.9 Å². The van der Waals surface area contributed by atoms with Gasteiger partial charge >= 0.3 is 0 Å². The van der Waals surface area contributed by atoms with Crippen LogP contribution in [0.1, 0.15) is 20.3 Å². The molecule has 3 rings (SSSR count). The molecule has 7 heteroatoms. The summed E-state index contributed by atoms with van der Waals surface area (Å²) in [5.41, 5.74) is 1.05. The molecule has 0 radical (unpaired) electrons. The van der Waals surface area contributed by atoms with Crippen molar-refractivity contribution >= 4 is 45.1 Å². The summed E-state index contributed by atoms with van der Waals surface area (Å²) in [5, 5.41) is 0. The summed E-state index contributed by atoms with van der Waals surface area (Å²) in [6.45, 7) is 10.4. The minimum Gasteiger partial charge on any atom is -0.341 e. The number of para-hydroxylation sites is 1. The number of thiazole rings is 1. The van der Waals surface area contributed by atoms with Crippen molar-refractivity contribution in [1.82, 2.24) is 9.47 Å². The van der Waals surface area contributed by atoms with Crippen LogP contribution in [0.3, 0.4) is 0 Å². The van der Waals surface area contributed by atoms with E-state index in [1.165, 1.54) is 29.5 Å². The minimum absolute atomic E-state index is 0.125. The maximum Gasteiger partial charge on any atom is 0.258 e. The standard InChI is InChI=1S/C21H27N3O2S2/c1-4-9-24-17-7-5-6-8-18(17)28-21(24)22-19(25)13-27-14-20(26)23-11-15(2)10-16(3)12-23/h4-8,15-16H,1,9-14H2,2-3H3. The fraction of sp³-hybridized carbons (Fsp3) is 0.476. The van der Waals surface area contributed by atoms with E-state index in [1.54, 1.807) is 6.08 Å². The van der Waals surface area contributed by atoms with E-state index in [4.69, 9.17) is 0 Å². The molecule has 0 bridgehead atoms. The van der Waals surface area contributed by atoms with Gasteiger partial charge in [-0.1, -0.05) is 43.4 Å². The van der Waals surface area contributed by atoms with Crippen LogP contribution in [0.4, 0.5) is 0 Å². The van der Waals surface area contributed by atoms with Crippen molar-refractivity contribution in [3.8, 4) is 0 Å².